The second-order valence-corrected chi connectivity index (χ2v) is 31.7. The number of amides is 4. The molecule has 0 unspecified atom stereocenters. The van der Waals surface area contributed by atoms with Crippen molar-refractivity contribution in [2.45, 2.75) is 96.0 Å². The number of nitrogen functional groups attached to an aromatic ring is 2. The summed E-state index contributed by atoms with van der Waals surface area (Å²) >= 11 is 4.46. The van der Waals surface area contributed by atoms with Crippen LogP contribution in [0.5, 0.6) is 0 Å². The number of hydrogen-bond acceptors (Lipinski definition) is 26. The molecular weight excluding hydrogens is 1560 g/mol. The molecule has 19 rings (SSSR count). The molecule has 3 aliphatic carbocycles. The Morgan fingerprint density at radius 2 is 0.856 bits per heavy atom. The maximum Gasteiger partial charge on any atom is 0.271 e. The topological polar surface area (TPSA) is 455 Å². The van der Waals surface area contributed by atoms with Crippen LogP contribution in [0.25, 0.3) is 33.8 Å². The SMILES string of the molecule is CNC(=O)c1cn2c(Nc3cc(C)[nH]n3)nc(Sc3ccc(NC(=O)C4CC4)cc3)cc2n1.Cc1cc(Nc2nc(-c3ccc(N(C)C)cc3)cc3nccn23)n[nH]1.Cc1cc(Nc2nc(Sc3ccc(NC(=O)C4CC4)cc3)cc3nc(N)cn23)n[nH]1.Cc1cc(Nc2nc(Sc3ccc(NC(=O)C4CC4)cc3)cc3ncc(N)n23)n[nH]1. The van der Waals surface area contributed by atoms with Crippen molar-refractivity contribution < 1.29 is 19.2 Å². The van der Waals surface area contributed by atoms with Gasteiger partial charge in [-0.2, -0.15) is 20.4 Å². The molecule has 4 aromatic carbocycles. The number of nitrogens with two attached hydrogens (primary N) is 2. The summed E-state index contributed by atoms with van der Waals surface area (Å²) in [6.07, 6.45) is 14.5. The van der Waals surface area contributed by atoms with Gasteiger partial charge in [0.25, 0.3) is 5.91 Å². The summed E-state index contributed by atoms with van der Waals surface area (Å²) in [6.45, 7) is 7.72. The molecule has 598 valence electrons. The highest BCUT2D eigenvalue weighted by Crippen LogP contribution is 2.38. The van der Waals surface area contributed by atoms with Gasteiger partial charge >= 0.3 is 0 Å². The molecule has 12 heterocycles. The molecule has 0 atom stereocenters. The lowest BCUT2D eigenvalue weighted by Gasteiger charge is -2.13. The van der Waals surface area contributed by atoms with Crippen molar-refractivity contribution in [1.29, 1.82) is 0 Å². The van der Waals surface area contributed by atoms with Crippen molar-refractivity contribution in [3.8, 4) is 11.3 Å². The largest absolute Gasteiger partial charge is 0.383 e. The molecule has 16 N–H and O–H groups in total. The van der Waals surface area contributed by atoms with Gasteiger partial charge in [-0.05, 0) is 151 Å². The predicted octanol–water partition coefficient (Wildman–Crippen LogP) is 13.8. The van der Waals surface area contributed by atoms with E-state index in [1.807, 2.05) is 174 Å². The zero-order valence-corrected chi connectivity index (χ0v) is 67.3. The molecule has 16 aromatic rings. The highest BCUT2D eigenvalue weighted by Gasteiger charge is 2.32. The van der Waals surface area contributed by atoms with Crippen LogP contribution in [0, 0.1) is 45.4 Å². The maximum atomic E-state index is 12.1. The molecular formula is C80H81N31O4S3. The fourth-order valence-corrected chi connectivity index (χ4v) is 14.5. The normalized spacial score (nSPS) is 12.9. The minimum Gasteiger partial charge on any atom is -0.383 e. The van der Waals surface area contributed by atoms with Crippen molar-refractivity contribution in [1.82, 2.24) is 104 Å². The lowest BCUT2D eigenvalue weighted by atomic mass is 10.1. The van der Waals surface area contributed by atoms with Crippen LogP contribution in [0.15, 0.2) is 206 Å². The molecule has 38 heteroatoms. The third-order valence-electron chi connectivity index (χ3n) is 18.6. The third-order valence-corrected chi connectivity index (χ3v) is 21.3. The summed E-state index contributed by atoms with van der Waals surface area (Å²) in [7, 11) is 5.61. The van der Waals surface area contributed by atoms with E-state index in [9.17, 15) is 19.2 Å². The van der Waals surface area contributed by atoms with Gasteiger partial charge in [-0.25, -0.2) is 44.3 Å². The molecule has 12 aromatic heterocycles. The van der Waals surface area contributed by atoms with Gasteiger partial charge < -0.3 is 58.9 Å². The molecule has 0 saturated heterocycles. The zero-order chi connectivity index (χ0) is 81.7. The standard InChI is InChI=1S/C22H22N8O2S.2C20H20N8OS.C18H19N7/c1-12-9-17(29-28-12)26-22-27-19(10-18-25-16(11-30(18)22)21(32)23-2)33-15-7-5-14(6-8-15)24-20(31)13-3-4-13;1-11-8-16(27-26-11)24-20-25-18(9-17-23-15(21)10-28(17)20)30-14-6-4-13(5-7-14)22-19(29)12-2-3-12;1-11-8-16(27-26-11)24-20-25-18(9-17-22-10-15(21)28(17)20)30-14-6-4-13(5-7-14)23-19(29)12-2-3-12;1-12-10-16(23-22-12)21-18-20-15(11-17-19-8-9-25(17)18)13-4-6-14(7-5-13)24(2)3/h5-11,13H,3-4H2,1-2H3,(H,23,32)(H,24,31)(H2,26,27,28,29);4-10,12H,2-3,21H2,1H3,(H,22,29)(H2,24,25,26,27);4-10,12H,2-3,21H2,1H3,(H,23,29)(H2,24,25,26,27);4-11H,1-3H3,(H2,20,21,22,23). The van der Waals surface area contributed by atoms with E-state index in [1.165, 1.54) is 35.3 Å². The van der Waals surface area contributed by atoms with Crippen LogP contribution < -0.4 is 58.9 Å². The Bertz CT molecular complexity index is 6250. The molecule has 3 fully saturated rings. The van der Waals surface area contributed by atoms with E-state index in [0.717, 1.165) is 132 Å². The lowest BCUT2D eigenvalue weighted by Crippen LogP contribution is -2.17. The smallest absolute Gasteiger partial charge is 0.271 e. The van der Waals surface area contributed by atoms with E-state index < -0.39 is 0 Å². The van der Waals surface area contributed by atoms with Gasteiger partial charge in [0.1, 0.15) is 55.0 Å². The van der Waals surface area contributed by atoms with Crippen LogP contribution in [0.4, 0.5) is 81.5 Å². The molecule has 118 heavy (non-hydrogen) atoms. The number of H-pyrrole nitrogens is 4. The van der Waals surface area contributed by atoms with Crippen molar-refractivity contribution in [2.24, 2.45) is 17.8 Å². The van der Waals surface area contributed by atoms with Crippen molar-refractivity contribution in [2.75, 3.05) is 74.7 Å². The molecule has 3 saturated carbocycles. The van der Waals surface area contributed by atoms with Crippen LogP contribution in [0.2, 0.25) is 0 Å². The average molecular weight is 1640 g/mol. The number of aromatic nitrogens is 20. The van der Waals surface area contributed by atoms with E-state index >= 15 is 0 Å². The maximum absolute atomic E-state index is 12.1. The quantitative estimate of drug-likeness (QED) is 0.0264. The fourth-order valence-electron chi connectivity index (χ4n) is 12.0. The summed E-state index contributed by atoms with van der Waals surface area (Å²) in [4.78, 5) is 89.4. The second kappa shape index (κ2) is 34.0. The fraction of sp³-hybridized carbons (Fsp3) is 0.200. The number of aromatic amines is 4. The van der Waals surface area contributed by atoms with E-state index in [1.54, 1.807) is 45.0 Å². The van der Waals surface area contributed by atoms with Gasteiger partial charge in [0.2, 0.25) is 41.5 Å². The summed E-state index contributed by atoms with van der Waals surface area (Å²) in [5.74, 6) is 6.32. The van der Waals surface area contributed by atoms with Crippen LogP contribution in [-0.4, -0.2) is 143 Å². The molecule has 0 aliphatic heterocycles. The predicted molar refractivity (Wildman–Crippen MR) is 456 cm³/mol. The highest BCUT2D eigenvalue weighted by atomic mass is 32.2. The zero-order valence-electron chi connectivity index (χ0n) is 64.8. The van der Waals surface area contributed by atoms with Crippen LogP contribution in [0.1, 0.15) is 71.8 Å². The Morgan fingerprint density at radius 3 is 1.27 bits per heavy atom. The Morgan fingerprint density at radius 1 is 0.449 bits per heavy atom. The first-order valence-corrected chi connectivity index (χ1v) is 40.1. The summed E-state index contributed by atoms with van der Waals surface area (Å²) in [6, 6.07) is 46.5. The number of benzene rings is 4. The minimum absolute atomic E-state index is 0.0815. The molecule has 3 aliphatic rings. The van der Waals surface area contributed by atoms with Gasteiger partial charge in [0, 0.05) is 172 Å². The average Bonchev–Trinajstić information content (AvgIpc) is 1.62. The van der Waals surface area contributed by atoms with Crippen LogP contribution in [-0.2, 0) is 14.4 Å². The van der Waals surface area contributed by atoms with Gasteiger partial charge in [-0.3, -0.25) is 52.8 Å². The number of carbonyl (C=O) groups is 4. The first-order valence-electron chi connectivity index (χ1n) is 37.6. The van der Waals surface area contributed by atoms with Crippen LogP contribution in [0.3, 0.4) is 0 Å². The number of fused-ring (bicyclic) bond motifs is 4. The van der Waals surface area contributed by atoms with E-state index in [2.05, 4.69) is 132 Å². The van der Waals surface area contributed by atoms with Gasteiger partial charge in [0.15, 0.2) is 23.3 Å². The molecule has 4 amide bonds. The Labute approximate surface area is 686 Å². The van der Waals surface area contributed by atoms with E-state index in [0.29, 0.717) is 80.5 Å². The third kappa shape index (κ3) is 19.2. The second-order valence-electron chi connectivity index (χ2n) is 28.4. The number of rotatable bonds is 23. The van der Waals surface area contributed by atoms with Crippen molar-refractivity contribution in [3.63, 3.8) is 0 Å². The van der Waals surface area contributed by atoms with Gasteiger partial charge in [0.05, 0.1) is 18.1 Å². The van der Waals surface area contributed by atoms with Gasteiger partial charge in [-0.15, -0.1) is 0 Å². The number of nitrogens with one attached hydrogen (secondary N) is 12. The molecule has 0 radical (unpaired) electrons. The first-order chi connectivity index (χ1) is 57.2. The number of hydrogen-bond donors (Lipinski definition) is 14. The van der Waals surface area contributed by atoms with Crippen molar-refractivity contribution in [3.05, 3.63) is 205 Å². The number of aryl methyl sites for hydroxylation is 4. The number of nitrogens with zero attached hydrogens (tertiary/aromatic N) is 17. The molecule has 35 nitrogen and oxygen atoms in total. The van der Waals surface area contributed by atoms with Crippen LogP contribution >= 0.6 is 35.3 Å². The number of imidazole rings is 4. The Balaban J connectivity index is 0.000000118. The summed E-state index contributed by atoms with van der Waals surface area (Å²) in [5, 5.41) is 54.9. The van der Waals surface area contributed by atoms with Crippen molar-refractivity contribution >= 4 is 163 Å². The summed E-state index contributed by atoms with van der Waals surface area (Å²) < 4.78 is 7.15. The highest BCUT2D eigenvalue weighted by molar-refractivity contribution is 7.99. The Hall–Kier alpha value is -14.3. The lowest BCUT2D eigenvalue weighted by molar-refractivity contribution is -0.118. The Kier molecular flexibility index (Phi) is 22.4. The molecule has 0 bridgehead atoms. The minimum atomic E-state index is -0.279. The van der Waals surface area contributed by atoms with E-state index in [4.69, 9.17) is 31.4 Å². The first kappa shape index (κ1) is 77.7. The monoisotopic (exact) mass is 1640 g/mol. The summed E-state index contributed by atoms with van der Waals surface area (Å²) in [5.41, 5.74) is 24.2. The number of carbonyl (C=O) groups excluding carboxylic acids is 4. The molecule has 0 spiro atoms. The van der Waals surface area contributed by atoms with E-state index in [-0.39, 0.29) is 41.4 Å². The van der Waals surface area contributed by atoms with Gasteiger partial charge in [-0.1, -0.05) is 47.4 Å². The number of anilines is 14.